The minimum absolute atomic E-state index is 0.633. The van der Waals surface area contributed by atoms with Crippen molar-refractivity contribution in [2.24, 2.45) is 0 Å². The number of rotatable bonds is 8. The first-order chi connectivity index (χ1) is 13.2. The largest absolute Gasteiger partial charge is 0.496 e. The van der Waals surface area contributed by atoms with E-state index in [0.29, 0.717) is 5.95 Å². The van der Waals surface area contributed by atoms with Crippen LogP contribution in [0.15, 0.2) is 60.8 Å². The average Bonchev–Trinajstić information content (AvgIpc) is 2.69. The van der Waals surface area contributed by atoms with E-state index in [-0.39, 0.29) is 0 Å². The molecule has 0 saturated heterocycles. The number of nitrogens with zero attached hydrogens (tertiary/aromatic N) is 3. The summed E-state index contributed by atoms with van der Waals surface area (Å²) in [6.07, 6.45) is 2.64. The smallest absolute Gasteiger partial charge is 0.224 e. The van der Waals surface area contributed by atoms with Crippen molar-refractivity contribution in [3.63, 3.8) is 0 Å². The van der Waals surface area contributed by atoms with Crippen molar-refractivity contribution in [1.82, 2.24) is 9.97 Å². The summed E-state index contributed by atoms with van der Waals surface area (Å²) < 4.78 is 5.41. The molecule has 1 aromatic heterocycles. The Balaban J connectivity index is 1.69. The highest BCUT2D eigenvalue weighted by Gasteiger charge is 2.10. The van der Waals surface area contributed by atoms with E-state index < -0.39 is 0 Å². The van der Waals surface area contributed by atoms with Gasteiger partial charge >= 0.3 is 0 Å². The summed E-state index contributed by atoms with van der Waals surface area (Å²) in [5, 5.41) is 3.32. The van der Waals surface area contributed by atoms with Gasteiger partial charge in [0.2, 0.25) is 5.95 Å². The molecular weight excluding hydrogens is 336 g/mol. The second-order valence-corrected chi connectivity index (χ2v) is 6.31. The molecule has 0 saturated carbocycles. The van der Waals surface area contributed by atoms with Gasteiger partial charge in [-0.05, 0) is 55.7 Å². The molecule has 0 aliphatic rings. The number of nitrogens with one attached hydrogen (secondary N) is 1. The summed E-state index contributed by atoms with van der Waals surface area (Å²) in [7, 11) is 1.70. The van der Waals surface area contributed by atoms with Crippen molar-refractivity contribution < 1.29 is 4.74 Å². The van der Waals surface area contributed by atoms with E-state index >= 15 is 0 Å². The Kier molecular flexibility index (Phi) is 6.26. The number of para-hydroxylation sites is 1. The van der Waals surface area contributed by atoms with Gasteiger partial charge in [0.25, 0.3) is 0 Å². The van der Waals surface area contributed by atoms with Gasteiger partial charge in [0, 0.05) is 25.0 Å². The summed E-state index contributed by atoms with van der Waals surface area (Å²) in [5.41, 5.74) is 3.53. The molecule has 0 aliphatic heterocycles. The van der Waals surface area contributed by atoms with Crippen LogP contribution in [-0.2, 0) is 6.42 Å². The number of anilines is 3. The molecule has 5 heteroatoms. The van der Waals surface area contributed by atoms with Gasteiger partial charge in [0.1, 0.15) is 11.6 Å². The number of hydrogen-bond donors (Lipinski definition) is 1. The van der Waals surface area contributed by atoms with Crippen LogP contribution in [0.5, 0.6) is 5.75 Å². The van der Waals surface area contributed by atoms with E-state index in [9.17, 15) is 0 Å². The normalized spacial score (nSPS) is 10.5. The van der Waals surface area contributed by atoms with E-state index in [2.05, 4.69) is 59.4 Å². The Morgan fingerprint density at radius 1 is 1.07 bits per heavy atom. The van der Waals surface area contributed by atoms with Crippen molar-refractivity contribution in [2.75, 3.05) is 30.4 Å². The summed E-state index contributed by atoms with van der Waals surface area (Å²) in [4.78, 5) is 11.2. The zero-order valence-corrected chi connectivity index (χ0v) is 16.1. The highest BCUT2D eigenvalue weighted by Crippen LogP contribution is 2.24. The topological polar surface area (TPSA) is 50.3 Å². The van der Waals surface area contributed by atoms with E-state index in [1.54, 1.807) is 13.3 Å². The van der Waals surface area contributed by atoms with Crippen molar-refractivity contribution in [1.29, 1.82) is 0 Å². The molecule has 0 amide bonds. The van der Waals surface area contributed by atoms with E-state index in [1.165, 1.54) is 11.1 Å². The molecule has 1 heterocycles. The van der Waals surface area contributed by atoms with Gasteiger partial charge in [0.15, 0.2) is 0 Å². The van der Waals surface area contributed by atoms with Crippen molar-refractivity contribution in [3.8, 4) is 5.75 Å². The van der Waals surface area contributed by atoms with Crippen LogP contribution in [0.3, 0.4) is 0 Å². The van der Waals surface area contributed by atoms with Gasteiger partial charge in [-0.3, -0.25) is 0 Å². The summed E-state index contributed by atoms with van der Waals surface area (Å²) in [6.45, 7) is 5.79. The van der Waals surface area contributed by atoms with Crippen molar-refractivity contribution in [3.05, 3.63) is 71.9 Å². The molecule has 0 radical (unpaired) electrons. The fourth-order valence-electron chi connectivity index (χ4n) is 3.08. The Bertz CT molecular complexity index is 881. The van der Waals surface area contributed by atoms with Crippen molar-refractivity contribution >= 4 is 17.5 Å². The molecule has 0 bridgehead atoms. The van der Waals surface area contributed by atoms with Gasteiger partial charge in [-0.15, -0.1) is 0 Å². The minimum atomic E-state index is 0.633. The van der Waals surface area contributed by atoms with Crippen LogP contribution in [0.1, 0.15) is 18.1 Å². The predicted octanol–water partition coefficient (Wildman–Crippen LogP) is 4.61. The van der Waals surface area contributed by atoms with Gasteiger partial charge in [-0.1, -0.05) is 30.3 Å². The van der Waals surface area contributed by atoms with Crippen LogP contribution in [0.2, 0.25) is 0 Å². The van der Waals surface area contributed by atoms with Gasteiger partial charge in [-0.2, -0.15) is 4.98 Å². The molecule has 3 aromatic rings. The second kappa shape index (κ2) is 9.03. The predicted molar refractivity (Wildman–Crippen MR) is 111 cm³/mol. The van der Waals surface area contributed by atoms with Crippen molar-refractivity contribution in [2.45, 2.75) is 20.3 Å². The van der Waals surface area contributed by atoms with Crippen LogP contribution in [0.4, 0.5) is 17.5 Å². The first-order valence-corrected chi connectivity index (χ1v) is 9.24. The number of aromatic nitrogens is 2. The third kappa shape index (κ3) is 4.76. The summed E-state index contributed by atoms with van der Waals surface area (Å²) >= 11 is 0. The Labute approximate surface area is 161 Å². The molecule has 5 nitrogen and oxygen atoms in total. The Morgan fingerprint density at radius 2 is 1.93 bits per heavy atom. The molecule has 0 aliphatic carbocycles. The highest BCUT2D eigenvalue weighted by molar-refractivity contribution is 5.61. The third-order valence-electron chi connectivity index (χ3n) is 4.42. The van der Waals surface area contributed by atoms with E-state index in [1.807, 2.05) is 24.3 Å². The molecule has 3 rings (SSSR count). The first kappa shape index (κ1) is 18.7. The number of ether oxygens (including phenoxy) is 1. The minimum Gasteiger partial charge on any atom is -0.496 e. The zero-order valence-electron chi connectivity index (χ0n) is 16.1. The van der Waals surface area contributed by atoms with E-state index in [0.717, 1.165) is 36.8 Å². The van der Waals surface area contributed by atoms with Crippen LogP contribution < -0.4 is 15.0 Å². The van der Waals surface area contributed by atoms with Gasteiger partial charge in [0.05, 0.1) is 7.11 Å². The average molecular weight is 362 g/mol. The zero-order chi connectivity index (χ0) is 19.1. The maximum absolute atomic E-state index is 5.41. The maximum Gasteiger partial charge on any atom is 0.224 e. The lowest BCUT2D eigenvalue weighted by atomic mass is 10.1. The maximum atomic E-state index is 5.41. The molecule has 0 spiro atoms. The number of aryl methyl sites for hydroxylation is 1. The van der Waals surface area contributed by atoms with Crippen LogP contribution in [0, 0.1) is 6.92 Å². The Hall–Kier alpha value is -3.08. The lowest BCUT2D eigenvalue weighted by molar-refractivity contribution is 0.410. The Morgan fingerprint density at radius 3 is 2.70 bits per heavy atom. The number of benzene rings is 2. The fourth-order valence-corrected chi connectivity index (χ4v) is 3.08. The SMILES string of the molecule is CCN(c1cccc(C)c1)c1ccnc(NCCc2ccccc2OC)n1. The molecule has 140 valence electrons. The van der Waals surface area contributed by atoms with Crippen LogP contribution in [0.25, 0.3) is 0 Å². The lowest BCUT2D eigenvalue weighted by Gasteiger charge is -2.22. The summed E-state index contributed by atoms with van der Waals surface area (Å²) in [6, 6.07) is 18.4. The molecule has 0 unspecified atom stereocenters. The molecule has 0 fully saturated rings. The monoisotopic (exact) mass is 362 g/mol. The highest BCUT2D eigenvalue weighted by atomic mass is 16.5. The standard InChI is InChI=1S/C22H26N4O/c1-4-26(19-10-7-8-17(2)16-19)21-13-15-24-22(25-21)23-14-12-18-9-5-6-11-20(18)27-3/h5-11,13,15-16H,4,12,14H2,1-3H3,(H,23,24,25). The number of hydrogen-bond acceptors (Lipinski definition) is 5. The quantitative estimate of drug-likeness (QED) is 0.634. The van der Waals surface area contributed by atoms with E-state index in [4.69, 9.17) is 9.72 Å². The third-order valence-corrected chi connectivity index (χ3v) is 4.42. The van der Waals surface area contributed by atoms with Gasteiger partial charge < -0.3 is 15.0 Å². The molecule has 1 N–H and O–H groups in total. The van der Waals surface area contributed by atoms with Gasteiger partial charge in [-0.25, -0.2) is 4.98 Å². The lowest BCUT2D eigenvalue weighted by Crippen LogP contribution is -2.18. The second-order valence-electron chi connectivity index (χ2n) is 6.31. The molecule has 2 aromatic carbocycles. The fraction of sp³-hybridized carbons (Fsp3) is 0.273. The molecule has 27 heavy (non-hydrogen) atoms. The van der Waals surface area contributed by atoms with Crippen LogP contribution in [-0.4, -0.2) is 30.2 Å². The molecular formula is C22H26N4O. The molecule has 0 atom stereocenters. The summed E-state index contributed by atoms with van der Waals surface area (Å²) in [5.74, 6) is 2.43. The first-order valence-electron chi connectivity index (χ1n) is 9.24. The number of methoxy groups -OCH3 is 1. The van der Waals surface area contributed by atoms with Crippen LogP contribution >= 0.6 is 0 Å².